The molecule has 4 aromatic rings. The first-order chi connectivity index (χ1) is 14.0. The number of amides is 1. The smallest absolute Gasteiger partial charge is 0.290 e. The van der Waals surface area contributed by atoms with E-state index in [-0.39, 0.29) is 5.91 Å². The van der Waals surface area contributed by atoms with E-state index in [1.54, 1.807) is 25.5 Å². The molecule has 5 nitrogen and oxygen atoms in total. The molecule has 2 aromatic heterocycles. The van der Waals surface area contributed by atoms with Gasteiger partial charge in [0.25, 0.3) is 5.91 Å². The Morgan fingerprint density at radius 1 is 1.17 bits per heavy atom. The Labute approximate surface area is 188 Å². The zero-order valence-corrected chi connectivity index (χ0v) is 19.0. The summed E-state index contributed by atoms with van der Waals surface area (Å²) in [5.41, 5.74) is 1.63. The second-order valence-corrected chi connectivity index (χ2v) is 9.49. The molecule has 2 aromatic carbocycles. The summed E-state index contributed by atoms with van der Waals surface area (Å²) in [5.74, 6) is 0.463. The average Bonchev–Trinajstić information content (AvgIpc) is 3.34. The predicted molar refractivity (Wildman–Crippen MR) is 124 cm³/mol. The summed E-state index contributed by atoms with van der Waals surface area (Å²) in [6.45, 7) is 0. The maximum atomic E-state index is 13.1. The fourth-order valence-corrected chi connectivity index (χ4v) is 4.96. The molecule has 0 bridgehead atoms. The monoisotopic (exact) mass is 505 g/mol. The van der Waals surface area contributed by atoms with Crippen molar-refractivity contribution in [2.45, 2.75) is 0 Å². The van der Waals surface area contributed by atoms with E-state index in [9.17, 15) is 4.79 Å². The van der Waals surface area contributed by atoms with Crippen molar-refractivity contribution in [3.63, 3.8) is 0 Å². The number of thiazole rings is 1. The SMILES string of the molecule is COc1ccc(/C=N/N(C(=O)c2ccc(Cl)s2)c2nc3ccc(Br)cc3s2)cc1. The van der Waals surface area contributed by atoms with Gasteiger partial charge in [-0.25, -0.2) is 4.98 Å². The average molecular weight is 507 g/mol. The molecule has 0 N–H and O–H groups in total. The number of aromatic nitrogens is 1. The molecule has 0 fully saturated rings. The molecule has 29 heavy (non-hydrogen) atoms. The number of hydrogen-bond acceptors (Lipinski definition) is 6. The lowest BCUT2D eigenvalue weighted by Gasteiger charge is -2.12. The summed E-state index contributed by atoms with van der Waals surface area (Å²) in [4.78, 5) is 18.2. The lowest BCUT2D eigenvalue weighted by Crippen LogP contribution is -2.24. The summed E-state index contributed by atoms with van der Waals surface area (Å²) in [6.07, 6.45) is 1.62. The molecule has 0 atom stereocenters. The van der Waals surface area contributed by atoms with E-state index in [4.69, 9.17) is 16.3 Å². The molecule has 0 unspecified atom stereocenters. The van der Waals surface area contributed by atoms with Gasteiger partial charge >= 0.3 is 0 Å². The molecule has 0 aliphatic carbocycles. The first kappa shape index (κ1) is 20.0. The van der Waals surface area contributed by atoms with Crippen LogP contribution in [0.15, 0.2) is 64.2 Å². The highest BCUT2D eigenvalue weighted by molar-refractivity contribution is 9.10. The normalized spacial score (nSPS) is 11.3. The number of ether oxygens (including phenoxy) is 1. The minimum atomic E-state index is -0.287. The maximum Gasteiger partial charge on any atom is 0.290 e. The van der Waals surface area contributed by atoms with Crippen LogP contribution in [0.4, 0.5) is 5.13 Å². The Bertz CT molecular complexity index is 1200. The number of anilines is 1. The lowest BCUT2D eigenvalue weighted by atomic mass is 10.2. The van der Waals surface area contributed by atoms with Crippen LogP contribution in [0.5, 0.6) is 5.75 Å². The van der Waals surface area contributed by atoms with Gasteiger partial charge in [0.05, 0.1) is 32.8 Å². The van der Waals surface area contributed by atoms with Gasteiger partial charge in [-0.2, -0.15) is 10.1 Å². The van der Waals surface area contributed by atoms with Crippen LogP contribution in [0, 0.1) is 0 Å². The third-order valence-corrected chi connectivity index (χ3v) is 6.64. The van der Waals surface area contributed by atoms with Gasteiger partial charge in [0.2, 0.25) is 5.13 Å². The Kier molecular flexibility index (Phi) is 5.96. The van der Waals surface area contributed by atoms with E-state index in [0.29, 0.717) is 14.3 Å². The number of halogens is 2. The van der Waals surface area contributed by atoms with Crippen LogP contribution in [-0.2, 0) is 0 Å². The van der Waals surface area contributed by atoms with Crippen molar-refractivity contribution < 1.29 is 9.53 Å². The molecule has 1 amide bonds. The summed E-state index contributed by atoms with van der Waals surface area (Å²) >= 11 is 12.1. The van der Waals surface area contributed by atoms with Gasteiger partial charge in [0.15, 0.2) is 0 Å². The van der Waals surface area contributed by atoms with E-state index in [1.165, 1.54) is 27.7 Å². The second kappa shape index (κ2) is 8.62. The van der Waals surface area contributed by atoms with Crippen molar-refractivity contribution in [2.24, 2.45) is 5.10 Å². The molecular formula is C20H13BrClN3O2S2. The highest BCUT2D eigenvalue weighted by Crippen LogP contribution is 2.33. The molecule has 2 heterocycles. The fourth-order valence-electron chi connectivity index (χ4n) is 2.51. The van der Waals surface area contributed by atoms with Crippen molar-refractivity contribution in [3.05, 3.63) is 73.8 Å². The minimum Gasteiger partial charge on any atom is -0.497 e. The van der Waals surface area contributed by atoms with Gasteiger partial charge in [0.1, 0.15) is 5.75 Å². The minimum absolute atomic E-state index is 0.287. The first-order valence-corrected chi connectivity index (χ1v) is 11.2. The third-order valence-electron chi connectivity index (χ3n) is 3.93. The van der Waals surface area contributed by atoms with Gasteiger partial charge in [-0.05, 0) is 60.2 Å². The van der Waals surface area contributed by atoms with Gasteiger partial charge in [-0.15, -0.1) is 11.3 Å². The zero-order chi connectivity index (χ0) is 20.4. The molecule has 0 saturated carbocycles. The van der Waals surface area contributed by atoms with Gasteiger partial charge in [0, 0.05) is 4.47 Å². The third kappa shape index (κ3) is 4.51. The Morgan fingerprint density at radius 2 is 1.97 bits per heavy atom. The molecule has 0 spiro atoms. The van der Waals surface area contributed by atoms with Gasteiger partial charge in [-0.1, -0.05) is 38.9 Å². The molecule has 9 heteroatoms. The number of rotatable bonds is 5. The first-order valence-electron chi connectivity index (χ1n) is 8.37. The number of thiophene rings is 1. The molecule has 146 valence electrons. The van der Waals surface area contributed by atoms with Crippen LogP contribution in [0.2, 0.25) is 4.34 Å². The van der Waals surface area contributed by atoms with Crippen LogP contribution < -0.4 is 9.75 Å². The van der Waals surface area contributed by atoms with Gasteiger partial charge in [-0.3, -0.25) is 4.79 Å². The number of carbonyl (C=O) groups is 1. The number of carbonyl (C=O) groups excluding carboxylic acids is 1. The highest BCUT2D eigenvalue weighted by atomic mass is 79.9. The van der Waals surface area contributed by atoms with Crippen LogP contribution in [-0.4, -0.2) is 24.2 Å². The Hall–Kier alpha value is -2.26. The number of methoxy groups -OCH3 is 1. The van der Waals surface area contributed by atoms with Crippen molar-refractivity contribution in [3.8, 4) is 5.75 Å². The van der Waals surface area contributed by atoms with Crippen LogP contribution in [0.25, 0.3) is 10.2 Å². The van der Waals surface area contributed by atoms with Crippen LogP contribution in [0.1, 0.15) is 15.2 Å². The van der Waals surface area contributed by atoms with Crippen LogP contribution in [0.3, 0.4) is 0 Å². The summed E-state index contributed by atoms with van der Waals surface area (Å²) in [5, 5.41) is 6.23. The van der Waals surface area contributed by atoms with E-state index in [2.05, 4.69) is 26.0 Å². The van der Waals surface area contributed by atoms with E-state index < -0.39 is 0 Å². The quantitative estimate of drug-likeness (QED) is 0.230. The summed E-state index contributed by atoms with van der Waals surface area (Å²) in [7, 11) is 1.61. The second-order valence-electron chi connectivity index (χ2n) is 5.85. The number of hydrazone groups is 1. The van der Waals surface area contributed by atoms with E-state index in [0.717, 1.165) is 26.0 Å². The molecule has 4 rings (SSSR count). The molecular weight excluding hydrogens is 494 g/mol. The molecule has 0 aliphatic heterocycles. The lowest BCUT2D eigenvalue weighted by molar-refractivity contribution is 0.0991. The molecule has 0 radical (unpaired) electrons. The Morgan fingerprint density at radius 3 is 2.66 bits per heavy atom. The van der Waals surface area contributed by atoms with Crippen molar-refractivity contribution in [1.29, 1.82) is 0 Å². The number of nitrogens with zero attached hydrogens (tertiary/aromatic N) is 3. The van der Waals surface area contributed by atoms with Crippen LogP contribution >= 0.6 is 50.2 Å². The van der Waals surface area contributed by atoms with Crippen molar-refractivity contribution in [1.82, 2.24) is 4.98 Å². The molecule has 0 saturated heterocycles. The van der Waals surface area contributed by atoms with E-state index >= 15 is 0 Å². The largest absolute Gasteiger partial charge is 0.497 e. The Balaban J connectivity index is 1.72. The van der Waals surface area contributed by atoms with E-state index in [1.807, 2.05) is 42.5 Å². The maximum absolute atomic E-state index is 13.1. The standard InChI is InChI=1S/C20H13BrClN3O2S2/c1-27-14-5-2-12(3-6-14)11-23-25(19(26)16-8-9-18(22)28-16)20-24-15-7-4-13(21)10-17(15)29-20/h2-11H,1H3/b23-11+. The topological polar surface area (TPSA) is 54.8 Å². The highest BCUT2D eigenvalue weighted by Gasteiger charge is 2.22. The van der Waals surface area contributed by atoms with Crippen molar-refractivity contribution in [2.75, 3.05) is 12.1 Å². The zero-order valence-electron chi connectivity index (χ0n) is 15.0. The fraction of sp³-hybridized carbons (Fsp3) is 0.0500. The van der Waals surface area contributed by atoms with Gasteiger partial charge < -0.3 is 4.74 Å². The summed E-state index contributed by atoms with van der Waals surface area (Å²) in [6, 6.07) is 16.6. The number of benzene rings is 2. The predicted octanol–water partition coefficient (Wildman–Crippen LogP) is 6.46. The summed E-state index contributed by atoms with van der Waals surface area (Å²) < 4.78 is 7.62. The number of hydrogen-bond donors (Lipinski definition) is 0. The number of fused-ring (bicyclic) bond motifs is 1. The van der Waals surface area contributed by atoms with Crippen molar-refractivity contribution >= 4 is 77.7 Å². The molecule has 0 aliphatic rings.